The first kappa shape index (κ1) is 19.0. The summed E-state index contributed by atoms with van der Waals surface area (Å²) in [5.41, 5.74) is 0.652. The number of nitrogens with one attached hydrogen (secondary N) is 2. The second-order valence-electron chi connectivity index (χ2n) is 7.41. The van der Waals surface area contributed by atoms with Gasteiger partial charge >= 0.3 is 0 Å². The first-order chi connectivity index (χ1) is 13.5. The van der Waals surface area contributed by atoms with Crippen LogP contribution in [-0.2, 0) is 4.79 Å². The largest absolute Gasteiger partial charge is 0.415 e. The molecule has 0 aliphatic carbocycles. The van der Waals surface area contributed by atoms with Gasteiger partial charge < -0.3 is 9.73 Å². The molecule has 2 atom stereocenters. The molecule has 2 bridgehead atoms. The van der Waals surface area contributed by atoms with Gasteiger partial charge in [-0.1, -0.05) is 0 Å². The van der Waals surface area contributed by atoms with Crippen molar-refractivity contribution >= 4 is 29.5 Å². The van der Waals surface area contributed by atoms with E-state index in [4.69, 9.17) is 4.42 Å². The minimum absolute atomic E-state index is 0.0220. The van der Waals surface area contributed by atoms with Gasteiger partial charge in [-0.15, -0.1) is 0 Å². The van der Waals surface area contributed by atoms with Gasteiger partial charge in [-0.25, -0.2) is 4.98 Å². The van der Waals surface area contributed by atoms with Crippen LogP contribution < -0.4 is 10.6 Å². The van der Waals surface area contributed by atoms with Crippen LogP contribution in [0.25, 0.3) is 0 Å². The van der Waals surface area contributed by atoms with Gasteiger partial charge in [0, 0.05) is 29.5 Å². The maximum Gasteiger partial charge on any atom is 0.262 e. The Kier molecular flexibility index (Phi) is 5.41. The molecule has 148 valence electrons. The van der Waals surface area contributed by atoms with E-state index < -0.39 is 0 Å². The summed E-state index contributed by atoms with van der Waals surface area (Å²) in [4.78, 5) is 31.2. The monoisotopic (exact) mass is 400 g/mol. The SMILES string of the molecule is CC(=O)Nc1cnc(Sc2ccc(C(=O)N[C@@H]3C4CCN(CC4)[C@@H]3C)cc2)o1. The fourth-order valence-corrected chi connectivity index (χ4v) is 4.80. The number of nitrogens with zero attached hydrogens (tertiary/aromatic N) is 2. The molecule has 8 heteroatoms. The number of rotatable bonds is 5. The first-order valence-corrected chi connectivity index (χ1v) is 10.4. The summed E-state index contributed by atoms with van der Waals surface area (Å²) in [5.74, 6) is 0.672. The average Bonchev–Trinajstić information content (AvgIpc) is 3.11. The maximum atomic E-state index is 12.7. The van der Waals surface area contributed by atoms with Gasteiger partial charge in [-0.05, 0) is 74.8 Å². The van der Waals surface area contributed by atoms with E-state index in [1.807, 2.05) is 24.3 Å². The summed E-state index contributed by atoms with van der Waals surface area (Å²) >= 11 is 1.33. The van der Waals surface area contributed by atoms with Crippen LogP contribution in [0, 0.1) is 5.92 Å². The Morgan fingerprint density at radius 2 is 1.93 bits per heavy atom. The number of anilines is 1. The Morgan fingerprint density at radius 3 is 2.57 bits per heavy atom. The molecule has 3 aliphatic heterocycles. The Bertz CT molecular complexity index is 857. The average molecular weight is 401 g/mol. The molecule has 1 aromatic carbocycles. The number of piperidine rings is 3. The standard InChI is InChI=1S/C20H24N4O3S/c1-12-18(14-7-9-24(12)10-8-14)23-19(26)15-3-5-16(6-4-15)28-20-21-11-17(27-20)22-13(2)25/h3-6,11-12,14,18H,7-10H2,1-2H3,(H,22,25)(H,23,26)/t12-,18+/m1/s1. The highest BCUT2D eigenvalue weighted by molar-refractivity contribution is 7.99. The number of benzene rings is 1. The normalized spacial score (nSPS) is 26.1. The van der Waals surface area contributed by atoms with Gasteiger partial charge in [-0.3, -0.25) is 19.8 Å². The molecule has 7 nitrogen and oxygen atoms in total. The van der Waals surface area contributed by atoms with E-state index in [0.29, 0.717) is 28.6 Å². The second kappa shape index (κ2) is 7.97. The third-order valence-corrected chi connectivity index (χ3v) is 6.45. The summed E-state index contributed by atoms with van der Waals surface area (Å²) < 4.78 is 5.45. The van der Waals surface area contributed by atoms with Gasteiger partial charge in [0.05, 0.1) is 6.20 Å². The lowest BCUT2D eigenvalue weighted by Gasteiger charge is -2.49. The molecule has 4 heterocycles. The topological polar surface area (TPSA) is 87.5 Å². The van der Waals surface area contributed by atoms with E-state index in [0.717, 1.165) is 18.0 Å². The molecule has 1 aromatic heterocycles. The fourth-order valence-electron chi connectivity index (χ4n) is 4.09. The van der Waals surface area contributed by atoms with Crippen molar-refractivity contribution in [3.05, 3.63) is 36.0 Å². The lowest BCUT2D eigenvalue weighted by molar-refractivity contribution is -0.114. The van der Waals surface area contributed by atoms with Crippen LogP contribution >= 0.6 is 11.8 Å². The van der Waals surface area contributed by atoms with Crippen LogP contribution in [0.2, 0.25) is 0 Å². The van der Waals surface area contributed by atoms with E-state index in [1.165, 1.54) is 37.7 Å². The van der Waals surface area contributed by atoms with Crippen molar-refractivity contribution in [1.82, 2.24) is 15.2 Å². The van der Waals surface area contributed by atoms with Crippen molar-refractivity contribution in [1.29, 1.82) is 0 Å². The number of amides is 2. The molecule has 28 heavy (non-hydrogen) atoms. The Hall–Kier alpha value is -2.32. The van der Waals surface area contributed by atoms with Crippen molar-refractivity contribution in [3.8, 4) is 0 Å². The Morgan fingerprint density at radius 1 is 1.21 bits per heavy atom. The number of hydrogen-bond acceptors (Lipinski definition) is 6. The summed E-state index contributed by atoms with van der Waals surface area (Å²) in [6, 6.07) is 8.02. The van der Waals surface area contributed by atoms with E-state index in [1.54, 1.807) is 0 Å². The molecule has 2 aromatic rings. The molecule has 0 radical (unpaired) electrons. The highest BCUT2D eigenvalue weighted by Gasteiger charge is 2.40. The maximum absolute atomic E-state index is 12.7. The van der Waals surface area contributed by atoms with Crippen LogP contribution in [0.4, 0.5) is 5.88 Å². The van der Waals surface area contributed by atoms with Crippen LogP contribution in [0.3, 0.4) is 0 Å². The Balaban J connectivity index is 1.37. The van der Waals surface area contributed by atoms with Crippen molar-refractivity contribution in [2.45, 2.75) is 48.9 Å². The van der Waals surface area contributed by atoms with Crippen LogP contribution in [-0.4, -0.2) is 46.9 Å². The molecule has 2 N–H and O–H groups in total. The number of oxazole rings is 1. The predicted molar refractivity (Wildman–Crippen MR) is 106 cm³/mol. The van der Waals surface area contributed by atoms with Crippen LogP contribution in [0.1, 0.15) is 37.0 Å². The Labute approximate surface area is 168 Å². The quantitative estimate of drug-likeness (QED) is 0.802. The molecule has 2 amide bonds. The van der Waals surface area contributed by atoms with Gasteiger partial charge in [0.25, 0.3) is 11.1 Å². The van der Waals surface area contributed by atoms with Gasteiger partial charge in [0.2, 0.25) is 11.8 Å². The third kappa shape index (κ3) is 4.07. The van der Waals surface area contributed by atoms with Crippen molar-refractivity contribution in [2.75, 3.05) is 18.4 Å². The van der Waals surface area contributed by atoms with E-state index >= 15 is 0 Å². The smallest absolute Gasteiger partial charge is 0.262 e. The molecule has 3 saturated heterocycles. The lowest BCUT2D eigenvalue weighted by atomic mass is 9.79. The van der Waals surface area contributed by atoms with Gasteiger partial charge in [-0.2, -0.15) is 0 Å². The number of fused-ring (bicyclic) bond motifs is 3. The summed E-state index contributed by atoms with van der Waals surface area (Å²) in [6.07, 6.45) is 3.81. The zero-order valence-corrected chi connectivity index (χ0v) is 16.8. The number of carbonyl (C=O) groups is 2. The molecule has 0 spiro atoms. The zero-order valence-electron chi connectivity index (χ0n) is 16.0. The van der Waals surface area contributed by atoms with E-state index in [-0.39, 0.29) is 17.9 Å². The minimum atomic E-state index is -0.208. The molecule has 3 fully saturated rings. The number of aromatic nitrogens is 1. The predicted octanol–water partition coefficient (Wildman–Crippen LogP) is 3.00. The number of hydrogen-bond donors (Lipinski definition) is 2. The molecular weight excluding hydrogens is 376 g/mol. The molecular formula is C20H24N4O3S. The number of carbonyl (C=O) groups excluding carboxylic acids is 2. The third-order valence-electron chi connectivity index (χ3n) is 5.58. The second-order valence-corrected chi connectivity index (χ2v) is 8.44. The van der Waals surface area contributed by atoms with Crippen LogP contribution in [0.15, 0.2) is 45.0 Å². The lowest BCUT2D eigenvalue weighted by Crippen LogP contribution is -2.62. The molecule has 0 saturated carbocycles. The van der Waals surface area contributed by atoms with Gasteiger partial charge in [0.1, 0.15) is 0 Å². The summed E-state index contributed by atoms with van der Waals surface area (Å²) in [6.45, 7) is 5.92. The highest BCUT2D eigenvalue weighted by Crippen LogP contribution is 2.32. The van der Waals surface area contributed by atoms with Crippen molar-refractivity contribution in [2.24, 2.45) is 5.92 Å². The fraction of sp³-hybridized carbons (Fsp3) is 0.450. The van der Waals surface area contributed by atoms with Crippen molar-refractivity contribution in [3.63, 3.8) is 0 Å². The first-order valence-electron chi connectivity index (χ1n) is 9.56. The van der Waals surface area contributed by atoms with E-state index in [2.05, 4.69) is 27.4 Å². The highest BCUT2D eigenvalue weighted by atomic mass is 32.2. The van der Waals surface area contributed by atoms with Gasteiger partial charge in [0.15, 0.2) is 0 Å². The summed E-state index contributed by atoms with van der Waals surface area (Å²) in [5, 5.41) is 6.23. The summed E-state index contributed by atoms with van der Waals surface area (Å²) in [7, 11) is 0. The van der Waals surface area contributed by atoms with E-state index in [9.17, 15) is 9.59 Å². The molecule has 0 unspecified atom stereocenters. The van der Waals surface area contributed by atoms with Crippen LogP contribution in [0.5, 0.6) is 0 Å². The zero-order chi connectivity index (χ0) is 19.7. The molecule has 3 aliphatic rings. The van der Waals surface area contributed by atoms with Crippen molar-refractivity contribution < 1.29 is 14.0 Å². The minimum Gasteiger partial charge on any atom is -0.415 e. The molecule has 5 rings (SSSR count).